The number of hydrogen-bond donors (Lipinski definition) is 1. The summed E-state index contributed by atoms with van der Waals surface area (Å²) in [5, 5.41) is 8.79. The van der Waals surface area contributed by atoms with Crippen molar-refractivity contribution in [3.8, 4) is 0 Å². The molecule has 5 rings (SSSR count). The molecule has 0 unspecified atom stereocenters. The Bertz CT molecular complexity index is 620. The lowest BCUT2D eigenvalue weighted by Gasteiger charge is -2.53. The van der Waals surface area contributed by atoms with Gasteiger partial charge in [-0.25, -0.2) is 0 Å². The van der Waals surface area contributed by atoms with Crippen LogP contribution >= 0.6 is 0 Å². The molecule has 4 fully saturated rings. The predicted molar refractivity (Wildman–Crippen MR) is 93.0 cm³/mol. The molecule has 4 aliphatic carbocycles. The fourth-order valence-electron chi connectivity index (χ4n) is 5.52. The van der Waals surface area contributed by atoms with Gasteiger partial charge in [0.2, 0.25) is 0 Å². The van der Waals surface area contributed by atoms with Crippen molar-refractivity contribution in [2.24, 2.45) is 23.7 Å². The number of rotatable bonds is 6. The third kappa shape index (κ3) is 3.73. The van der Waals surface area contributed by atoms with E-state index in [0.717, 1.165) is 23.0 Å². The highest BCUT2D eigenvalue weighted by Crippen LogP contribution is 2.54. The first-order valence-electron chi connectivity index (χ1n) is 9.56. The maximum Gasteiger partial charge on any atom is 0.307 e. The van der Waals surface area contributed by atoms with E-state index in [1.807, 2.05) is 24.3 Å². The lowest BCUT2D eigenvalue weighted by atomic mass is 9.55. The molecular formula is C21H26O4. The van der Waals surface area contributed by atoms with Crippen LogP contribution in [0.15, 0.2) is 24.3 Å². The Labute approximate surface area is 148 Å². The molecular weight excluding hydrogens is 316 g/mol. The number of carbonyl (C=O) groups excluding carboxylic acids is 1. The van der Waals surface area contributed by atoms with Gasteiger partial charge in [-0.2, -0.15) is 0 Å². The number of carboxylic acid groups (broad SMARTS) is 1. The first-order valence-corrected chi connectivity index (χ1v) is 9.56. The minimum Gasteiger partial charge on any atom is -0.481 e. The highest BCUT2D eigenvalue weighted by molar-refractivity contribution is 5.70. The molecule has 1 N–H and O–H groups in total. The first-order chi connectivity index (χ1) is 12.1. The summed E-state index contributed by atoms with van der Waals surface area (Å²) in [7, 11) is 0. The summed E-state index contributed by atoms with van der Waals surface area (Å²) < 4.78 is 5.91. The van der Waals surface area contributed by atoms with Crippen LogP contribution in [0.5, 0.6) is 0 Å². The summed E-state index contributed by atoms with van der Waals surface area (Å²) in [6, 6.07) is 7.47. The highest BCUT2D eigenvalue weighted by Gasteiger charge is 2.49. The molecule has 1 aromatic rings. The van der Waals surface area contributed by atoms with E-state index in [9.17, 15) is 9.59 Å². The number of benzene rings is 1. The number of carbonyl (C=O) groups is 2. The van der Waals surface area contributed by atoms with Crippen LogP contribution in [0.4, 0.5) is 0 Å². The summed E-state index contributed by atoms with van der Waals surface area (Å²) in [6.07, 6.45) is 7.71. The number of hydrogen-bond acceptors (Lipinski definition) is 3. The number of esters is 1. The maximum absolute atomic E-state index is 12.3. The molecule has 0 radical (unpaired) electrons. The molecule has 0 atom stereocenters. The molecule has 0 saturated heterocycles. The molecule has 4 aliphatic rings. The van der Waals surface area contributed by atoms with Crippen molar-refractivity contribution in [1.29, 1.82) is 0 Å². The Morgan fingerprint density at radius 1 is 0.920 bits per heavy atom. The Morgan fingerprint density at radius 3 is 2.04 bits per heavy atom. The van der Waals surface area contributed by atoms with Crippen molar-refractivity contribution >= 4 is 11.9 Å². The van der Waals surface area contributed by atoms with Gasteiger partial charge >= 0.3 is 11.9 Å². The average molecular weight is 342 g/mol. The fraction of sp³-hybridized carbons (Fsp3) is 0.619. The van der Waals surface area contributed by atoms with Crippen LogP contribution < -0.4 is 0 Å². The summed E-state index contributed by atoms with van der Waals surface area (Å²) in [4.78, 5) is 23.0. The second kappa shape index (κ2) is 6.81. The Balaban J connectivity index is 1.27. The molecule has 4 saturated carbocycles. The van der Waals surface area contributed by atoms with Gasteiger partial charge in [0.05, 0.1) is 6.42 Å². The van der Waals surface area contributed by atoms with Crippen LogP contribution in [0.25, 0.3) is 0 Å². The van der Waals surface area contributed by atoms with Crippen molar-refractivity contribution in [2.75, 3.05) is 0 Å². The largest absolute Gasteiger partial charge is 0.481 e. The SMILES string of the molecule is O=C(O)Cc1ccc(CCC(=O)OC2C3CC4CC(C3)CC2C4)cc1. The third-order valence-electron chi connectivity index (χ3n) is 6.40. The zero-order valence-corrected chi connectivity index (χ0v) is 14.5. The molecule has 1 aromatic carbocycles. The van der Waals surface area contributed by atoms with Crippen LogP contribution in [0, 0.1) is 23.7 Å². The van der Waals surface area contributed by atoms with Crippen molar-refractivity contribution in [1.82, 2.24) is 0 Å². The van der Waals surface area contributed by atoms with Crippen LogP contribution in [0.1, 0.15) is 49.7 Å². The molecule has 0 spiro atoms. The second-order valence-electron chi connectivity index (χ2n) is 8.27. The van der Waals surface area contributed by atoms with Gasteiger partial charge in [-0.1, -0.05) is 24.3 Å². The zero-order chi connectivity index (χ0) is 17.4. The van der Waals surface area contributed by atoms with Gasteiger partial charge in [-0.15, -0.1) is 0 Å². The average Bonchev–Trinajstić information content (AvgIpc) is 2.56. The quantitative estimate of drug-likeness (QED) is 0.802. The van der Waals surface area contributed by atoms with Crippen molar-refractivity contribution in [2.45, 2.75) is 57.5 Å². The molecule has 0 heterocycles. The number of aliphatic carboxylic acids is 1. The summed E-state index contributed by atoms with van der Waals surface area (Å²) >= 11 is 0. The molecule has 0 aromatic heterocycles. The second-order valence-corrected chi connectivity index (χ2v) is 8.27. The van der Waals surface area contributed by atoms with E-state index in [0.29, 0.717) is 24.7 Å². The van der Waals surface area contributed by atoms with E-state index in [4.69, 9.17) is 9.84 Å². The highest BCUT2D eigenvalue weighted by atomic mass is 16.5. The van der Waals surface area contributed by atoms with Gasteiger partial charge in [0.1, 0.15) is 6.10 Å². The van der Waals surface area contributed by atoms with Crippen LogP contribution in [-0.4, -0.2) is 23.1 Å². The molecule has 25 heavy (non-hydrogen) atoms. The van der Waals surface area contributed by atoms with Crippen molar-refractivity contribution in [3.63, 3.8) is 0 Å². The summed E-state index contributed by atoms with van der Waals surface area (Å²) in [6.45, 7) is 0. The topological polar surface area (TPSA) is 63.6 Å². The Kier molecular flexibility index (Phi) is 4.53. The monoisotopic (exact) mass is 342 g/mol. The van der Waals surface area contributed by atoms with Crippen LogP contribution in [0.2, 0.25) is 0 Å². The molecule has 0 aliphatic heterocycles. The van der Waals surface area contributed by atoms with Gasteiger partial charge in [0, 0.05) is 6.42 Å². The fourth-order valence-corrected chi connectivity index (χ4v) is 5.52. The smallest absolute Gasteiger partial charge is 0.307 e. The van der Waals surface area contributed by atoms with Crippen LogP contribution in [0.3, 0.4) is 0 Å². The Hall–Kier alpha value is -1.84. The Morgan fingerprint density at radius 2 is 1.48 bits per heavy atom. The minimum absolute atomic E-state index is 0.0365. The molecule has 0 amide bonds. The van der Waals surface area contributed by atoms with E-state index < -0.39 is 5.97 Å². The molecule has 4 heteroatoms. The lowest BCUT2D eigenvalue weighted by molar-refractivity contribution is -0.170. The van der Waals surface area contributed by atoms with Crippen LogP contribution in [-0.2, 0) is 27.2 Å². The van der Waals surface area contributed by atoms with E-state index in [1.165, 1.54) is 32.1 Å². The molecule has 4 nitrogen and oxygen atoms in total. The maximum atomic E-state index is 12.3. The van der Waals surface area contributed by atoms with E-state index in [2.05, 4.69) is 0 Å². The van der Waals surface area contributed by atoms with Gasteiger partial charge in [-0.05, 0) is 73.3 Å². The molecule has 4 bridgehead atoms. The zero-order valence-electron chi connectivity index (χ0n) is 14.5. The van der Waals surface area contributed by atoms with E-state index in [-0.39, 0.29) is 18.5 Å². The first kappa shape index (κ1) is 16.6. The molecule has 134 valence electrons. The van der Waals surface area contributed by atoms with Crippen molar-refractivity contribution < 1.29 is 19.4 Å². The lowest BCUT2D eigenvalue weighted by Crippen LogP contribution is -2.50. The van der Waals surface area contributed by atoms with Gasteiger partial charge in [0.15, 0.2) is 0 Å². The standard InChI is InChI=1S/C21H26O4/c22-19(23)12-14-3-1-13(2-4-14)5-6-20(24)25-21-17-8-15-7-16(10-17)11-18(21)9-15/h1-4,15-18,21H,5-12H2,(H,22,23). The van der Waals surface area contributed by atoms with Gasteiger partial charge < -0.3 is 9.84 Å². The van der Waals surface area contributed by atoms with E-state index in [1.54, 1.807) is 0 Å². The van der Waals surface area contributed by atoms with E-state index >= 15 is 0 Å². The number of ether oxygens (including phenoxy) is 1. The number of carboxylic acids is 1. The van der Waals surface area contributed by atoms with Crippen molar-refractivity contribution in [3.05, 3.63) is 35.4 Å². The number of aryl methyl sites for hydroxylation is 1. The summed E-state index contributed by atoms with van der Waals surface area (Å²) in [5.41, 5.74) is 1.84. The minimum atomic E-state index is -0.827. The summed E-state index contributed by atoms with van der Waals surface area (Å²) in [5.74, 6) is 2.09. The predicted octanol–water partition coefficient (Wildman–Crippen LogP) is 3.61. The van der Waals surface area contributed by atoms with Gasteiger partial charge in [-0.3, -0.25) is 9.59 Å². The van der Waals surface area contributed by atoms with Gasteiger partial charge in [0.25, 0.3) is 0 Å². The normalized spacial score (nSPS) is 32.6. The third-order valence-corrected chi connectivity index (χ3v) is 6.40.